The van der Waals surface area contributed by atoms with Crippen LogP contribution in [0.5, 0.6) is 5.75 Å². The Kier molecular flexibility index (Phi) is 2.59. The Bertz CT molecular complexity index is 593. The van der Waals surface area contributed by atoms with Crippen LogP contribution >= 0.6 is 0 Å². The minimum atomic E-state index is -0.312. The molecule has 18 heavy (non-hydrogen) atoms. The molecule has 0 N–H and O–H groups in total. The number of ether oxygens (including phenoxy) is 1. The molecule has 90 valence electrons. The molecule has 3 rings (SSSR count). The minimum absolute atomic E-state index is 0.127. The predicted octanol–water partition coefficient (Wildman–Crippen LogP) is 3.27. The molecule has 0 aromatic heterocycles. The molecule has 0 amide bonds. The lowest BCUT2D eigenvalue weighted by atomic mass is 9.86. The van der Waals surface area contributed by atoms with E-state index in [-0.39, 0.29) is 24.1 Å². The van der Waals surface area contributed by atoms with Crippen molar-refractivity contribution in [3.63, 3.8) is 0 Å². The molecule has 1 heterocycles. The third kappa shape index (κ3) is 1.88. The van der Waals surface area contributed by atoms with Gasteiger partial charge in [-0.2, -0.15) is 0 Å². The van der Waals surface area contributed by atoms with Crippen LogP contribution in [-0.4, -0.2) is 5.97 Å². The smallest absolute Gasteiger partial charge is 0.312 e. The van der Waals surface area contributed by atoms with E-state index in [1.165, 1.54) is 18.2 Å². The van der Waals surface area contributed by atoms with Crippen LogP contribution in [0.2, 0.25) is 0 Å². The van der Waals surface area contributed by atoms with Gasteiger partial charge in [-0.15, -0.1) is 0 Å². The molecule has 1 aliphatic heterocycles. The van der Waals surface area contributed by atoms with E-state index in [9.17, 15) is 9.18 Å². The first-order chi connectivity index (χ1) is 8.74. The molecular formula is C15H11FO2. The van der Waals surface area contributed by atoms with Gasteiger partial charge in [0, 0.05) is 11.5 Å². The van der Waals surface area contributed by atoms with Gasteiger partial charge in [-0.3, -0.25) is 4.79 Å². The molecule has 2 aromatic rings. The summed E-state index contributed by atoms with van der Waals surface area (Å²) in [6.07, 6.45) is 0.250. The summed E-state index contributed by atoms with van der Waals surface area (Å²) in [5, 5.41) is 0. The van der Waals surface area contributed by atoms with Gasteiger partial charge in [0.05, 0.1) is 6.42 Å². The van der Waals surface area contributed by atoms with E-state index in [2.05, 4.69) is 0 Å². The summed E-state index contributed by atoms with van der Waals surface area (Å²) in [6.45, 7) is 0. The number of rotatable bonds is 1. The van der Waals surface area contributed by atoms with Crippen LogP contribution in [0.15, 0.2) is 48.5 Å². The van der Waals surface area contributed by atoms with Crippen molar-refractivity contribution < 1.29 is 13.9 Å². The first kappa shape index (κ1) is 11.0. The van der Waals surface area contributed by atoms with E-state index < -0.39 is 0 Å². The number of halogens is 1. The number of carbonyl (C=O) groups excluding carboxylic acids is 1. The van der Waals surface area contributed by atoms with E-state index in [1.54, 1.807) is 0 Å². The lowest BCUT2D eigenvalue weighted by Gasteiger charge is -2.24. The van der Waals surface area contributed by atoms with Crippen LogP contribution < -0.4 is 4.74 Å². The van der Waals surface area contributed by atoms with E-state index in [0.717, 1.165) is 11.1 Å². The van der Waals surface area contributed by atoms with Crippen LogP contribution in [0, 0.1) is 5.82 Å². The molecule has 0 radical (unpaired) electrons. The maximum Gasteiger partial charge on any atom is 0.312 e. The van der Waals surface area contributed by atoms with Gasteiger partial charge < -0.3 is 4.74 Å². The van der Waals surface area contributed by atoms with Gasteiger partial charge in [0.1, 0.15) is 11.6 Å². The first-order valence-electron chi connectivity index (χ1n) is 5.79. The second-order valence-corrected chi connectivity index (χ2v) is 4.32. The summed E-state index contributed by atoms with van der Waals surface area (Å²) >= 11 is 0. The summed E-state index contributed by atoms with van der Waals surface area (Å²) in [5.41, 5.74) is 1.74. The topological polar surface area (TPSA) is 26.3 Å². The lowest BCUT2D eigenvalue weighted by Crippen LogP contribution is -2.21. The molecular weight excluding hydrogens is 231 g/mol. The molecule has 2 aromatic carbocycles. The molecule has 0 saturated heterocycles. The molecule has 0 fully saturated rings. The number of benzene rings is 2. The van der Waals surface area contributed by atoms with Crippen LogP contribution in [0.25, 0.3) is 0 Å². The highest BCUT2D eigenvalue weighted by Crippen LogP contribution is 2.38. The Morgan fingerprint density at radius 3 is 2.67 bits per heavy atom. The third-order valence-electron chi connectivity index (χ3n) is 3.14. The fourth-order valence-corrected chi connectivity index (χ4v) is 2.31. The van der Waals surface area contributed by atoms with Crippen molar-refractivity contribution in [1.29, 1.82) is 0 Å². The van der Waals surface area contributed by atoms with Crippen molar-refractivity contribution in [2.75, 3.05) is 0 Å². The molecule has 0 saturated carbocycles. The second kappa shape index (κ2) is 4.26. The largest absolute Gasteiger partial charge is 0.426 e. The Morgan fingerprint density at radius 1 is 1.11 bits per heavy atom. The lowest BCUT2D eigenvalue weighted by molar-refractivity contribution is -0.135. The predicted molar refractivity (Wildman–Crippen MR) is 64.9 cm³/mol. The monoisotopic (exact) mass is 242 g/mol. The summed E-state index contributed by atoms with van der Waals surface area (Å²) in [4.78, 5) is 11.6. The summed E-state index contributed by atoms with van der Waals surface area (Å²) < 4.78 is 18.5. The summed E-state index contributed by atoms with van der Waals surface area (Å²) in [6, 6.07) is 13.9. The number of fused-ring (bicyclic) bond motifs is 1. The van der Waals surface area contributed by atoms with E-state index >= 15 is 0 Å². The Morgan fingerprint density at radius 2 is 1.89 bits per heavy atom. The van der Waals surface area contributed by atoms with Gasteiger partial charge in [0.2, 0.25) is 0 Å². The molecule has 0 aliphatic carbocycles. The fourth-order valence-electron chi connectivity index (χ4n) is 2.31. The van der Waals surface area contributed by atoms with Crippen LogP contribution in [0.1, 0.15) is 23.5 Å². The quantitative estimate of drug-likeness (QED) is 0.566. The van der Waals surface area contributed by atoms with Gasteiger partial charge in [-0.1, -0.05) is 30.3 Å². The van der Waals surface area contributed by atoms with Crippen LogP contribution in [-0.2, 0) is 4.79 Å². The van der Waals surface area contributed by atoms with Crippen molar-refractivity contribution in [2.45, 2.75) is 12.3 Å². The molecule has 1 aliphatic rings. The van der Waals surface area contributed by atoms with Gasteiger partial charge in [-0.05, 0) is 23.8 Å². The van der Waals surface area contributed by atoms with Crippen molar-refractivity contribution in [3.8, 4) is 5.75 Å². The number of hydrogen-bond donors (Lipinski definition) is 0. The molecule has 0 unspecified atom stereocenters. The standard InChI is InChI=1S/C15H11FO2/c16-11-6-7-14-13(8-11)12(9-15(17)18-14)10-4-2-1-3-5-10/h1-8,12H,9H2/t12-/m0/s1. The normalized spacial score (nSPS) is 18.1. The third-order valence-corrected chi connectivity index (χ3v) is 3.14. The minimum Gasteiger partial charge on any atom is -0.426 e. The van der Waals surface area contributed by atoms with Gasteiger partial charge >= 0.3 is 5.97 Å². The van der Waals surface area contributed by atoms with Gasteiger partial charge in [-0.25, -0.2) is 4.39 Å². The summed E-state index contributed by atoms with van der Waals surface area (Å²) in [7, 11) is 0. The van der Waals surface area contributed by atoms with Gasteiger partial charge in [0.25, 0.3) is 0 Å². The fraction of sp³-hybridized carbons (Fsp3) is 0.133. The number of hydrogen-bond acceptors (Lipinski definition) is 2. The zero-order chi connectivity index (χ0) is 12.5. The van der Waals surface area contributed by atoms with Crippen LogP contribution in [0.4, 0.5) is 4.39 Å². The Hall–Kier alpha value is -2.16. The SMILES string of the molecule is O=C1C[C@@H](c2ccccc2)c2cc(F)ccc2O1. The first-order valence-corrected chi connectivity index (χ1v) is 5.79. The zero-order valence-corrected chi connectivity index (χ0v) is 9.60. The van der Waals surface area contributed by atoms with Crippen molar-refractivity contribution in [1.82, 2.24) is 0 Å². The molecule has 2 nitrogen and oxygen atoms in total. The van der Waals surface area contributed by atoms with E-state index in [1.807, 2.05) is 30.3 Å². The van der Waals surface area contributed by atoms with E-state index in [0.29, 0.717) is 5.75 Å². The van der Waals surface area contributed by atoms with Gasteiger partial charge in [0.15, 0.2) is 0 Å². The Balaban J connectivity index is 2.12. The number of carbonyl (C=O) groups is 1. The molecule has 3 heteroatoms. The highest BCUT2D eigenvalue weighted by Gasteiger charge is 2.28. The Labute approximate surface area is 104 Å². The van der Waals surface area contributed by atoms with E-state index in [4.69, 9.17) is 4.74 Å². The van der Waals surface area contributed by atoms with Crippen molar-refractivity contribution >= 4 is 5.97 Å². The zero-order valence-electron chi connectivity index (χ0n) is 9.60. The molecule has 1 atom stereocenters. The highest BCUT2D eigenvalue weighted by molar-refractivity contribution is 5.77. The van der Waals surface area contributed by atoms with Crippen LogP contribution in [0.3, 0.4) is 0 Å². The molecule has 0 spiro atoms. The average Bonchev–Trinajstić information content (AvgIpc) is 2.39. The average molecular weight is 242 g/mol. The second-order valence-electron chi connectivity index (χ2n) is 4.32. The highest BCUT2D eigenvalue weighted by atomic mass is 19.1. The van der Waals surface area contributed by atoms with Crippen molar-refractivity contribution in [3.05, 3.63) is 65.5 Å². The molecule has 0 bridgehead atoms. The maximum atomic E-state index is 13.3. The number of esters is 1. The maximum absolute atomic E-state index is 13.3. The van der Waals surface area contributed by atoms with Crippen molar-refractivity contribution in [2.24, 2.45) is 0 Å². The summed E-state index contributed by atoms with van der Waals surface area (Å²) in [5.74, 6) is -0.254.